The summed E-state index contributed by atoms with van der Waals surface area (Å²) in [5.74, 6) is 0.0576. The first kappa shape index (κ1) is 18.3. The predicted octanol–water partition coefficient (Wildman–Crippen LogP) is 2.20. The van der Waals surface area contributed by atoms with E-state index in [4.69, 9.17) is 0 Å². The topological polar surface area (TPSA) is 52.7 Å². The first-order valence-corrected chi connectivity index (χ1v) is 8.86. The van der Waals surface area contributed by atoms with Gasteiger partial charge in [0.15, 0.2) is 0 Å². The van der Waals surface area contributed by atoms with Crippen LogP contribution in [0.5, 0.6) is 0 Å². The number of anilines is 1. The summed E-state index contributed by atoms with van der Waals surface area (Å²) < 4.78 is 0. The summed E-state index contributed by atoms with van der Waals surface area (Å²) >= 11 is 0. The lowest BCUT2D eigenvalue weighted by Crippen LogP contribution is -2.46. The third-order valence-electron chi connectivity index (χ3n) is 4.76. The zero-order valence-electron chi connectivity index (χ0n) is 15.0. The van der Waals surface area contributed by atoms with Gasteiger partial charge in [-0.25, -0.2) is 0 Å². The van der Waals surface area contributed by atoms with Gasteiger partial charge in [-0.2, -0.15) is 0 Å². The van der Waals surface area contributed by atoms with Gasteiger partial charge >= 0.3 is 0 Å². The number of aryl methyl sites for hydroxylation is 1. The van der Waals surface area contributed by atoms with E-state index in [2.05, 4.69) is 36.2 Å². The molecule has 1 atom stereocenters. The molecule has 0 saturated carbocycles. The average Bonchev–Trinajstić information content (AvgIpc) is 2.59. The van der Waals surface area contributed by atoms with E-state index in [-0.39, 0.29) is 17.7 Å². The van der Waals surface area contributed by atoms with Gasteiger partial charge in [0.25, 0.3) is 0 Å². The van der Waals surface area contributed by atoms with Gasteiger partial charge in [0.2, 0.25) is 11.8 Å². The van der Waals surface area contributed by atoms with Crippen LogP contribution in [0.1, 0.15) is 32.3 Å². The van der Waals surface area contributed by atoms with Crippen molar-refractivity contribution >= 4 is 17.5 Å². The van der Waals surface area contributed by atoms with E-state index in [1.807, 2.05) is 12.1 Å². The van der Waals surface area contributed by atoms with Crippen LogP contribution >= 0.6 is 0 Å². The number of rotatable bonds is 6. The fraction of sp³-hybridized carbons (Fsp3) is 0.579. The van der Waals surface area contributed by atoms with Gasteiger partial charge < -0.3 is 15.1 Å². The van der Waals surface area contributed by atoms with Gasteiger partial charge in [-0.3, -0.25) is 9.59 Å². The SMILES string of the molecule is CCN(CCNC(=O)[C@@H]1CCCN(C(C)=O)C1)c1ccccc1C. The summed E-state index contributed by atoms with van der Waals surface area (Å²) in [6.45, 7) is 9.44. The van der Waals surface area contributed by atoms with E-state index in [9.17, 15) is 9.59 Å². The molecule has 0 radical (unpaired) electrons. The Labute approximate surface area is 145 Å². The third-order valence-corrected chi connectivity index (χ3v) is 4.76. The number of carbonyl (C=O) groups excluding carboxylic acids is 2. The first-order chi connectivity index (χ1) is 11.5. The molecule has 0 spiro atoms. The van der Waals surface area contributed by atoms with E-state index >= 15 is 0 Å². The van der Waals surface area contributed by atoms with Crippen LogP contribution in [0.25, 0.3) is 0 Å². The number of hydrogen-bond acceptors (Lipinski definition) is 3. The Morgan fingerprint density at radius 1 is 1.33 bits per heavy atom. The lowest BCUT2D eigenvalue weighted by atomic mass is 9.97. The molecule has 1 aromatic carbocycles. The molecular weight excluding hydrogens is 302 g/mol. The standard InChI is InChI=1S/C19H29N3O2/c1-4-21(18-10-6-5-8-15(18)2)13-11-20-19(24)17-9-7-12-22(14-17)16(3)23/h5-6,8,10,17H,4,7,9,11-14H2,1-3H3,(H,20,24)/t17-/m1/s1. The van der Waals surface area contributed by atoms with Crippen molar-refractivity contribution < 1.29 is 9.59 Å². The van der Waals surface area contributed by atoms with Gasteiger partial charge in [-0.15, -0.1) is 0 Å². The molecule has 2 amide bonds. The predicted molar refractivity (Wildman–Crippen MR) is 97.1 cm³/mol. The van der Waals surface area contributed by atoms with E-state index in [1.165, 1.54) is 11.3 Å². The van der Waals surface area contributed by atoms with Crippen molar-refractivity contribution in [3.05, 3.63) is 29.8 Å². The maximum atomic E-state index is 12.4. The number of carbonyl (C=O) groups is 2. The highest BCUT2D eigenvalue weighted by Gasteiger charge is 2.26. The van der Waals surface area contributed by atoms with Crippen LogP contribution < -0.4 is 10.2 Å². The van der Waals surface area contributed by atoms with Crippen LogP contribution in [0, 0.1) is 12.8 Å². The molecular formula is C19H29N3O2. The van der Waals surface area contributed by atoms with Crippen LogP contribution in [-0.4, -0.2) is 49.4 Å². The normalized spacial score (nSPS) is 17.5. The lowest BCUT2D eigenvalue weighted by Gasteiger charge is -2.31. The number of benzene rings is 1. The Hall–Kier alpha value is -2.04. The Morgan fingerprint density at radius 3 is 2.75 bits per heavy atom. The second kappa shape index (κ2) is 8.71. The highest BCUT2D eigenvalue weighted by Crippen LogP contribution is 2.19. The summed E-state index contributed by atoms with van der Waals surface area (Å²) in [6, 6.07) is 8.31. The second-order valence-electron chi connectivity index (χ2n) is 6.46. The van der Waals surface area contributed by atoms with Crippen molar-refractivity contribution in [3.8, 4) is 0 Å². The molecule has 1 saturated heterocycles. The van der Waals surface area contributed by atoms with Crippen molar-refractivity contribution in [1.29, 1.82) is 0 Å². The van der Waals surface area contributed by atoms with Crippen molar-refractivity contribution in [1.82, 2.24) is 10.2 Å². The van der Waals surface area contributed by atoms with E-state index in [0.717, 1.165) is 32.5 Å². The largest absolute Gasteiger partial charge is 0.370 e. The van der Waals surface area contributed by atoms with Crippen LogP contribution in [0.4, 0.5) is 5.69 Å². The quantitative estimate of drug-likeness (QED) is 0.869. The van der Waals surface area contributed by atoms with Crippen LogP contribution in [0.15, 0.2) is 24.3 Å². The molecule has 1 N–H and O–H groups in total. The van der Waals surface area contributed by atoms with Gasteiger partial charge in [-0.05, 0) is 38.3 Å². The summed E-state index contributed by atoms with van der Waals surface area (Å²) in [7, 11) is 0. The average molecular weight is 331 g/mol. The first-order valence-electron chi connectivity index (χ1n) is 8.86. The van der Waals surface area contributed by atoms with Crippen LogP contribution in [0.3, 0.4) is 0 Å². The maximum Gasteiger partial charge on any atom is 0.224 e. The van der Waals surface area contributed by atoms with Crippen molar-refractivity contribution in [2.45, 2.75) is 33.6 Å². The molecule has 132 valence electrons. The number of amides is 2. The summed E-state index contributed by atoms with van der Waals surface area (Å²) in [6.07, 6.45) is 1.77. The molecule has 0 aromatic heterocycles. The Morgan fingerprint density at radius 2 is 2.08 bits per heavy atom. The monoisotopic (exact) mass is 331 g/mol. The molecule has 0 bridgehead atoms. The molecule has 0 unspecified atom stereocenters. The molecule has 0 aliphatic carbocycles. The van der Waals surface area contributed by atoms with Gasteiger partial charge in [0, 0.05) is 45.3 Å². The molecule has 1 aliphatic rings. The van der Waals surface area contributed by atoms with E-state index in [1.54, 1.807) is 11.8 Å². The second-order valence-corrected chi connectivity index (χ2v) is 6.46. The number of nitrogens with one attached hydrogen (secondary N) is 1. The maximum absolute atomic E-state index is 12.4. The van der Waals surface area contributed by atoms with E-state index < -0.39 is 0 Å². The van der Waals surface area contributed by atoms with Gasteiger partial charge in [0.1, 0.15) is 0 Å². The van der Waals surface area contributed by atoms with Crippen molar-refractivity contribution in [2.75, 3.05) is 37.6 Å². The smallest absolute Gasteiger partial charge is 0.224 e. The zero-order valence-corrected chi connectivity index (χ0v) is 15.0. The van der Waals surface area contributed by atoms with Crippen molar-refractivity contribution in [3.63, 3.8) is 0 Å². The molecule has 1 aliphatic heterocycles. The molecule has 1 heterocycles. The molecule has 2 rings (SSSR count). The number of likely N-dealkylation sites (N-methyl/N-ethyl adjacent to an activating group) is 1. The van der Waals surface area contributed by atoms with Gasteiger partial charge in [-0.1, -0.05) is 18.2 Å². The highest BCUT2D eigenvalue weighted by atomic mass is 16.2. The molecule has 1 fully saturated rings. The molecule has 1 aromatic rings. The number of piperidine rings is 1. The van der Waals surface area contributed by atoms with Crippen LogP contribution in [0.2, 0.25) is 0 Å². The Balaban J connectivity index is 1.83. The van der Waals surface area contributed by atoms with Gasteiger partial charge in [0.05, 0.1) is 5.92 Å². The summed E-state index contributed by atoms with van der Waals surface area (Å²) in [5, 5.41) is 3.05. The fourth-order valence-electron chi connectivity index (χ4n) is 3.30. The number of likely N-dealkylation sites (tertiary alicyclic amines) is 1. The number of nitrogens with zero attached hydrogens (tertiary/aromatic N) is 2. The van der Waals surface area contributed by atoms with Crippen LogP contribution in [-0.2, 0) is 9.59 Å². The Bertz CT molecular complexity index is 573. The minimum atomic E-state index is -0.0730. The number of hydrogen-bond donors (Lipinski definition) is 1. The minimum Gasteiger partial charge on any atom is -0.370 e. The summed E-state index contributed by atoms with van der Waals surface area (Å²) in [5.41, 5.74) is 2.46. The third kappa shape index (κ3) is 4.73. The lowest BCUT2D eigenvalue weighted by molar-refractivity contribution is -0.133. The Kier molecular flexibility index (Phi) is 6.64. The van der Waals surface area contributed by atoms with E-state index in [0.29, 0.717) is 13.1 Å². The number of para-hydroxylation sites is 1. The fourth-order valence-corrected chi connectivity index (χ4v) is 3.30. The van der Waals surface area contributed by atoms with Crippen molar-refractivity contribution in [2.24, 2.45) is 5.92 Å². The minimum absolute atomic E-state index is 0.0595. The molecule has 5 heteroatoms. The molecule has 5 nitrogen and oxygen atoms in total. The summed E-state index contributed by atoms with van der Waals surface area (Å²) in [4.78, 5) is 27.9. The highest BCUT2D eigenvalue weighted by molar-refractivity contribution is 5.80. The molecule has 24 heavy (non-hydrogen) atoms. The zero-order chi connectivity index (χ0) is 17.5.